The van der Waals surface area contributed by atoms with Gasteiger partial charge in [0.05, 0.1) is 12.2 Å². The molecule has 0 amide bonds. The number of rotatable bonds is 6. The first-order valence-electron chi connectivity index (χ1n) is 9.31. The van der Waals surface area contributed by atoms with E-state index in [1.54, 1.807) is 25.3 Å². The fourth-order valence-electron chi connectivity index (χ4n) is 3.41. The summed E-state index contributed by atoms with van der Waals surface area (Å²) in [6.45, 7) is 8.17. The molecule has 150 valence electrons. The Kier molecular flexibility index (Phi) is 5.63. The number of aromatic nitrogens is 3. The first-order valence-corrected chi connectivity index (χ1v) is 9.31. The highest BCUT2D eigenvalue weighted by atomic mass is 19.4. The normalized spacial score (nSPS) is 13.3. The van der Waals surface area contributed by atoms with E-state index in [-0.39, 0.29) is 18.3 Å². The molecule has 0 saturated carbocycles. The SMILES string of the molecule is Cc1nc2c(-c3ccc(OCC(C)CC(C)C)c(C(F)(F)F)c3)ccnc2[nH]1. The second kappa shape index (κ2) is 7.81. The van der Waals surface area contributed by atoms with Crippen LogP contribution >= 0.6 is 0 Å². The van der Waals surface area contributed by atoms with Crippen LogP contribution in [0.2, 0.25) is 0 Å². The number of pyridine rings is 1. The van der Waals surface area contributed by atoms with Gasteiger partial charge >= 0.3 is 6.18 Å². The predicted molar refractivity (Wildman–Crippen MR) is 103 cm³/mol. The Morgan fingerprint density at radius 3 is 2.57 bits per heavy atom. The molecule has 1 N–H and O–H groups in total. The van der Waals surface area contributed by atoms with Crippen molar-refractivity contribution >= 4 is 11.2 Å². The molecule has 0 fully saturated rings. The fourth-order valence-corrected chi connectivity index (χ4v) is 3.41. The van der Waals surface area contributed by atoms with Crippen molar-refractivity contribution in [1.82, 2.24) is 15.0 Å². The van der Waals surface area contributed by atoms with Gasteiger partial charge in [0.1, 0.15) is 17.1 Å². The lowest BCUT2D eigenvalue weighted by atomic mass is 9.99. The van der Waals surface area contributed by atoms with E-state index in [1.807, 2.05) is 6.92 Å². The number of fused-ring (bicyclic) bond motifs is 1. The third-order valence-electron chi connectivity index (χ3n) is 4.50. The summed E-state index contributed by atoms with van der Waals surface area (Å²) in [6.07, 6.45) is -2.06. The number of aromatic amines is 1. The molecule has 3 rings (SSSR count). The van der Waals surface area contributed by atoms with Gasteiger partial charge in [-0.2, -0.15) is 13.2 Å². The quantitative estimate of drug-likeness (QED) is 0.560. The number of ether oxygens (including phenoxy) is 1. The van der Waals surface area contributed by atoms with Crippen molar-refractivity contribution in [3.8, 4) is 16.9 Å². The van der Waals surface area contributed by atoms with Crippen molar-refractivity contribution in [1.29, 1.82) is 0 Å². The van der Waals surface area contributed by atoms with Crippen molar-refractivity contribution < 1.29 is 17.9 Å². The van der Waals surface area contributed by atoms with Gasteiger partial charge in [0.2, 0.25) is 0 Å². The summed E-state index contributed by atoms with van der Waals surface area (Å²) in [5, 5.41) is 0. The van der Waals surface area contributed by atoms with Gasteiger partial charge in [-0.05, 0) is 48.9 Å². The molecule has 0 radical (unpaired) electrons. The largest absolute Gasteiger partial charge is 0.493 e. The molecule has 0 aliphatic carbocycles. The molecule has 2 aromatic heterocycles. The molecule has 0 aliphatic heterocycles. The molecule has 0 bridgehead atoms. The average Bonchev–Trinajstić information content (AvgIpc) is 2.98. The summed E-state index contributed by atoms with van der Waals surface area (Å²) in [7, 11) is 0. The number of aryl methyl sites for hydroxylation is 1. The number of nitrogens with one attached hydrogen (secondary N) is 1. The Balaban J connectivity index is 1.97. The van der Waals surface area contributed by atoms with Gasteiger partial charge in [0.25, 0.3) is 0 Å². The Hall–Kier alpha value is -2.57. The Morgan fingerprint density at radius 1 is 1.14 bits per heavy atom. The van der Waals surface area contributed by atoms with Crippen LogP contribution in [0.4, 0.5) is 13.2 Å². The summed E-state index contributed by atoms with van der Waals surface area (Å²) >= 11 is 0. The molecule has 3 aromatic rings. The minimum absolute atomic E-state index is 0.143. The fraction of sp³-hybridized carbons (Fsp3) is 0.429. The highest BCUT2D eigenvalue weighted by Crippen LogP contribution is 2.40. The molecule has 2 heterocycles. The standard InChI is InChI=1S/C21H24F3N3O/c1-12(2)9-13(3)11-28-18-6-5-15(10-17(18)21(22,23)24)16-7-8-25-20-19(16)26-14(4)27-20/h5-8,10,12-13H,9,11H2,1-4H3,(H,25,26,27). The summed E-state index contributed by atoms with van der Waals surface area (Å²) in [6, 6.07) is 5.83. The lowest BCUT2D eigenvalue weighted by molar-refractivity contribution is -0.139. The molecule has 7 heteroatoms. The zero-order valence-electron chi connectivity index (χ0n) is 16.4. The minimum atomic E-state index is -4.51. The van der Waals surface area contributed by atoms with E-state index in [1.165, 1.54) is 6.07 Å². The molecule has 0 saturated heterocycles. The van der Waals surface area contributed by atoms with Crippen LogP contribution in [0.3, 0.4) is 0 Å². The van der Waals surface area contributed by atoms with Crippen LogP contribution in [0.15, 0.2) is 30.5 Å². The zero-order valence-corrected chi connectivity index (χ0v) is 16.4. The number of alkyl halides is 3. The number of nitrogens with zero attached hydrogens (tertiary/aromatic N) is 2. The number of benzene rings is 1. The van der Waals surface area contributed by atoms with Crippen LogP contribution in [0.5, 0.6) is 5.75 Å². The summed E-state index contributed by atoms with van der Waals surface area (Å²) in [4.78, 5) is 11.5. The maximum atomic E-state index is 13.7. The van der Waals surface area contributed by atoms with Crippen LogP contribution in [0.25, 0.3) is 22.3 Å². The maximum Gasteiger partial charge on any atom is 0.419 e. The minimum Gasteiger partial charge on any atom is -0.493 e. The van der Waals surface area contributed by atoms with Gasteiger partial charge in [-0.25, -0.2) is 9.97 Å². The topological polar surface area (TPSA) is 50.8 Å². The smallest absolute Gasteiger partial charge is 0.419 e. The first-order chi connectivity index (χ1) is 13.1. The molecular weight excluding hydrogens is 367 g/mol. The monoisotopic (exact) mass is 391 g/mol. The second-order valence-corrected chi connectivity index (χ2v) is 7.63. The van der Waals surface area contributed by atoms with Gasteiger partial charge in [-0.1, -0.05) is 26.8 Å². The predicted octanol–water partition coefficient (Wildman–Crippen LogP) is 6.01. The highest BCUT2D eigenvalue weighted by molar-refractivity contribution is 5.90. The van der Waals surface area contributed by atoms with Crippen LogP contribution in [0, 0.1) is 18.8 Å². The van der Waals surface area contributed by atoms with Crippen LogP contribution in [-0.4, -0.2) is 21.6 Å². The van der Waals surface area contributed by atoms with Gasteiger partial charge < -0.3 is 9.72 Å². The molecule has 0 spiro atoms. The Morgan fingerprint density at radius 2 is 1.89 bits per heavy atom. The van der Waals surface area contributed by atoms with E-state index >= 15 is 0 Å². The van der Waals surface area contributed by atoms with Crippen molar-refractivity contribution in [2.24, 2.45) is 11.8 Å². The van der Waals surface area contributed by atoms with E-state index in [0.29, 0.717) is 34.0 Å². The van der Waals surface area contributed by atoms with Crippen LogP contribution < -0.4 is 4.74 Å². The number of imidazole rings is 1. The van der Waals surface area contributed by atoms with E-state index in [4.69, 9.17) is 4.74 Å². The molecule has 1 aromatic carbocycles. The van der Waals surface area contributed by atoms with Gasteiger partial charge in [0, 0.05) is 11.8 Å². The lowest BCUT2D eigenvalue weighted by Gasteiger charge is -2.19. The van der Waals surface area contributed by atoms with E-state index < -0.39 is 11.7 Å². The van der Waals surface area contributed by atoms with Crippen LogP contribution in [-0.2, 0) is 6.18 Å². The van der Waals surface area contributed by atoms with Gasteiger partial charge in [0.15, 0.2) is 5.65 Å². The second-order valence-electron chi connectivity index (χ2n) is 7.63. The van der Waals surface area contributed by atoms with Crippen molar-refractivity contribution in [2.75, 3.05) is 6.61 Å². The van der Waals surface area contributed by atoms with Crippen LogP contribution in [0.1, 0.15) is 38.6 Å². The summed E-state index contributed by atoms with van der Waals surface area (Å²) < 4.78 is 46.6. The molecule has 28 heavy (non-hydrogen) atoms. The summed E-state index contributed by atoms with van der Waals surface area (Å²) in [5.41, 5.74) is 1.34. The number of hydrogen-bond donors (Lipinski definition) is 1. The van der Waals surface area contributed by atoms with E-state index in [0.717, 1.165) is 12.5 Å². The number of H-pyrrole nitrogens is 1. The molecule has 4 nitrogen and oxygen atoms in total. The Bertz CT molecular complexity index is 963. The van der Waals surface area contributed by atoms with Crippen molar-refractivity contribution in [3.63, 3.8) is 0 Å². The molecule has 0 aliphatic rings. The van der Waals surface area contributed by atoms with Crippen molar-refractivity contribution in [3.05, 3.63) is 41.9 Å². The van der Waals surface area contributed by atoms with Crippen molar-refractivity contribution in [2.45, 2.75) is 40.3 Å². The lowest BCUT2D eigenvalue weighted by Crippen LogP contribution is -2.14. The molecular formula is C21H24F3N3O. The molecule has 1 unspecified atom stereocenters. The molecule has 1 atom stereocenters. The Labute approximate surface area is 162 Å². The third kappa shape index (κ3) is 4.46. The average molecular weight is 391 g/mol. The third-order valence-corrected chi connectivity index (χ3v) is 4.50. The maximum absolute atomic E-state index is 13.7. The first kappa shape index (κ1) is 20.2. The number of halogens is 3. The van der Waals surface area contributed by atoms with E-state index in [2.05, 4.69) is 28.8 Å². The highest BCUT2D eigenvalue weighted by Gasteiger charge is 2.35. The van der Waals surface area contributed by atoms with Gasteiger partial charge in [-0.15, -0.1) is 0 Å². The van der Waals surface area contributed by atoms with E-state index in [9.17, 15) is 13.2 Å². The summed E-state index contributed by atoms with van der Waals surface area (Å²) in [5.74, 6) is 1.16. The number of hydrogen-bond acceptors (Lipinski definition) is 3. The van der Waals surface area contributed by atoms with Gasteiger partial charge in [-0.3, -0.25) is 0 Å². The zero-order chi connectivity index (χ0) is 20.5.